The van der Waals surface area contributed by atoms with E-state index in [1.807, 2.05) is 0 Å². The number of carbonyl (C=O) groups excluding carboxylic acids is 1. The van der Waals surface area contributed by atoms with E-state index in [-0.39, 0.29) is 23.1 Å². The lowest BCUT2D eigenvalue weighted by Crippen LogP contribution is -2.26. The summed E-state index contributed by atoms with van der Waals surface area (Å²) >= 11 is 12.6. The molecule has 1 amide bonds. The van der Waals surface area contributed by atoms with Crippen LogP contribution in [0.5, 0.6) is 5.88 Å². The summed E-state index contributed by atoms with van der Waals surface area (Å²) in [5.74, 6) is -0.683. The van der Waals surface area contributed by atoms with Gasteiger partial charge in [0.1, 0.15) is 5.56 Å². The molecule has 1 saturated carbocycles. The molecule has 186 valence electrons. The maximum Gasteiger partial charge on any atom is 0.392 e. The number of carbonyl (C=O) groups is 1. The van der Waals surface area contributed by atoms with Gasteiger partial charge in [0.05, 0.1) is 29.4 Å². The summed E-state index contributed by atoms with van der Waals surface area (Å²) in [6.07, 6.45) is -3.91. The highest BCUT2D eigenvalue weighted by Gasteiger charge is 2.30. The molecule has 0 radical (unpaired) electrons. The van der Waals surface area contributed by atoms with Gasteiger partial charge in [-0.25, -0.2) is 4.68 Å². The average molecular weight is 535 g/mol. The number of benzene rings is 2. The van der Waals surface area contributed by atoms with Gasteiger partial charge >= 0.3 is 6.18 Å². The summed E-state index contributed by atoms with van der Waals surface area (Å²) in [5, 5.41) is 8.90. The van der Waals surface area contributed by atoms with Crippen molar-refractivity contribution in [1.82, 2.24) is 20.1 Å². The predicted octanol–water partition coefficient (Wildman–Crippen LogP) is 6.62. The Bertz CT molecular complexity index is 1430. The number of amides is 1. The number of alkyl halides is 3. The number of nitrogens with one attached hydrogen (secondary N) is 1. The molecule has 6 nitrogen and oxygen atoms in total. The second kappa shape index (κ2) is 9.63. The van der Waals surface area contributed by atoms with Gasteiger partial charge in [0.25, 0.3) is 5.91 Å². The minimum Gasteiger partial charge on any atom is -0.477 e. The van der Waals surface area contributed by atoms with Crippen LogP contribution in [0.25, 0.3) is 28.0 Å². The van der Waals surface area contributed by atoms with Gasteiger partial charge in [-0.2, -0.15) is 18.2 Å². The van der Waals surface area contributed by atoms with Gasteiger partial charge in [-0.15, -0.1) is 5.10 Å². The summed E-state index contributed by atoms with van der Waals surface area (Å²) in [7, 11) is 0. The summed E-state index contributed by atoms with van der Waals surface area (Å²) in [4.78, 5) is 17.4. The number of rotatable bonds is 7. The molecule has 2 aromatic heterocycles. The molecular weight excluding hydrogens is 516 g/mol. The fourth-order valence-corrected chi connectivity index (χ4v) is 4.05. The number of aromatic nitrogens is 3. The van der Waals surface area contributed by atoms with Crippen LogP contribution in [0.15, 0.2) is 54.6 Å². The van der Waals surface area contributed by atoms with Crippen molar-refractivity contribution in [1.29, 1.82) is 0 Å². The van der Waals surface area contributed by atoms with Crippen molar-refractivity contribution in [3.8, 4) is 22.8 Å². The van der Waals surface area contributed by atoms with Gasteiger partial charge in [-0.3, -0.25) is 4.79 Å². The molecule has 0 saturated heterocycles. The van der Waals surface area contributed by atoms with Crippen LogP contribution in [0.3, 0.4) is 0 Å². The average Bonchev–Trinajstić information content (AvgIpc) is 3.56. The number of para-hydroxylation sites is 1. The van der Waals surface area contributed by atoms with Crippen molar-refractivity contribution in [3.63, 3.8) is 0 Å². The molecule has 1 aliphatic rings. The minimum atomic E-state index is -4.41. The molecule has 1 N–H and O–H groups in total. The summed E-state index contributed by atoms with van der Waals surface area (Å²) in [5.41, 5.74) is 2.09. The molecule has 0 atom stereocenters. The molecular formula is C25H19Cl2F3N4O2. The SMILES string of the molecule is O=C(NC1CC1)c1cc2c(-c3ccc(Cl)cc3)n(-c3ccccc3Cl)nc2nc1OCCC(F)(F)F. The van der Waals surface area contributed by atoms with Crippen LogP contribution >= 0.6 is 23.2 Å². The topological polar surface area (TPSA) is 69.0 Å². The van der Waals surface area contributed by atoms with Gasteiger partial charge in [-0.05, 0) is 43.2 Å². The van der Waals surface area contributed by atoms with E-state index in [0.29, 0.717) is 26.8 Å². The Morgan fingerprint density at radius 2 is 1.83 bits per heavy atom. The first-order valence-corrected chi connectivity index (χ1v) is 11.9. The molecule has 2 aromatic carbocycles. The first-order chi connectivity index (χ1) is 17.2. The zero-order chi connectivity index (χ0) is 25.4. The molecule has 1 fully saturated rings. The van der Waals surface area contributed by atoms with E-state index in [9.17, 15) is 18.0 Å². The van der Waals surface area contributed by atoms with Gasteiger partial charge in [0.15, 0.2) is 5.65 Å². The van der Waals surface area contributed by atoms with Crippen LogP contribution in [0, 0.1) is 0 Å². The van der Waals surface area contributed by atoms with Crippen LogP contribution in [0.1, 0.15) is 29.6 Å². The Labute approximate surface area is 214 Å². The van der Waals surface area contributed by atoms with Crippen LogP contribution in [-0.4, -0.2) is 39.5 Å². The van der Waals surface area contributed by atoms with E-state index in [4.69, 9.17) is 27.9 Å². The molecule has 4 aromatic rings. The maximum absolute atomic E-state index is 13.0. The zero-order valence-corrected chi connectivity index (χ0v) is 20.2. The van der Waals surface area contributed by atoms with Crippen molar-refractivity contribution in [2.75, 3.05) is 6.61 Å². The standard InChI is InChI=1S/C25H19Cl2F3N4O2/c26-15-7-5-14(6-8-15)21-17-13-18(23(35)31-16-9-10-16)24(36-12-11-25(28,29)30)32-22(17)33-34(21)20-4-2-1-3-19(20)27/h1-8,13,16H,9-12H2,(H,31,35). The third-order valence-electron chi connectivity index (χ3n) is 5.61. The highest BCUT2D eigenvalue weighted by molar-refractivity contribution is 6.32. The van der Waals surface area contributed by atoms with Gasteiger partial charge in [0, 0.05) is 22.0 Å². The fourth-order valence-electron chi connectivity index (χ4n) is 3.71. The van der Waals surface area contributed by atoms with Crippen molar-refractivity contribution in [3.05, 3.63) is 70.2 Å². The van der Waals surface area contributed by atoms with Crippen molar-refractivity contribution in [2.24, 2.45) is 0 Å². The number of hydrogen-bond acceptors (Lipinski definition) is 4. The van der Waals surface area contributed by atoms with Crippen molar-refractivity contribution >= 4 is 40.1 Å². The molecule has 0 bridgehead atoms. The van der Waals surface area contributed by atoms with Crippen LogP contribution < -0.4 is 10.1 Å². The summed E-state index contributed by atoms with van der Waals surface area (Å²) < 4.78 is 45.1. The molecule has 36 heavy (non-hydrogen) atoms. The van der Waals surface area contributed by atoms with Crippen LogP contribution in [0.2, 0.25) is 10.0 Å². The Kier molecular flexibility index (Phi) is 6.53. The number of ether oxygens (including phenoxy) is 1. The predicted molar refractivity (Wildman–Crippen MR) is 131 cm³/mol. The van der Waals surface area contributed by atoms with Crippen molar-refractivity contribution < 1.29 is 22.7 Å². The van der Waals surface area contributed by atoms with E-state index in [2.05, 4.69) is 15.4 Å². The Morgan fingerprint density at radius 1 is 1.11 bits per heavy atom. The molecule has 2 heterocycles. The molecule has 5 rings (SSSR count). The first kappa shape index (κ1) is 24.4. The lowest BCUT2D eigenvalue weighted by atomic mass is 10.1. The zero-order valence-electron chi connectivity index (χ0n) is 18.6. The molecule has 0 spiro atoms. The lowest BCUT2D eigenvalue weighted by molar-refractivity contribution is -0.139. The maximum atomic E-state index is 13.0. The highest BCUT2D eigenvalue weighted by Crippen LogP contribution is 2.36. The largest absolute Gasteiger partial charge is 0.477 e. The molecule has 0 aliphatic heterocycles. The summed E-state index contributed by atoms with van der Waals surface area (Å²) in [6.45, 7) is -0.680. The number of pyridine rings is 1. The molecule has 1 aliphatic carbocycles. The highest BCUT2D eigenvalue weighted by atomic mass is 35.5. The number of fused-ring (bicyclic) bond motifs is 1. The lowest BCUT2D eigenvalue weighted by Gasteiger charge is -2.12. The van der Waals surface area contributed by atoms with E-state index < -0.39 is 25.1 Å². The Hall–Kier alpha value is -3.30. The number of nitrogens with zero attached hydrogens (tertiary/aromatic N) is 3. The van der Waals surface area contributed by atoms with Gasteiger partial charge < -0.3 is 10.1 Å². The van der Waals surface area contributed by atoms with E-state index in [1.54, 1.807) is 59.3 Å². The van der Waals surface area contributed by atoms with Crippen LogP contribution in [0.4, 0.5) is 13.2 Å². The quantitative estimate of drug-likeness (QED) is 0.289. The van der Waals surface area contributed by atoms with Crippen LogP contribution in [-0.2, 0) is 0 Å². The second-order valence-corrected chi connectivity index (χ2v) is 9.24. The van der Waals surface area contributed by atoms with E-state index in [1.165, 1.54) is 0 Å². The minimum absolute atomic E-state index is 0.0257. The monoisotopic (exact) mass is 534 g/mol. The smallest absolute Gasteiger partial charge is 0.392 e. The number of halogens is 5. The number of hydrogen-bond donors (Lipinski definition) is 1. The molecule has 0 unspecified atom stereocenters. The Morgan fingerprint density at radius 3 is 2.50 bits per heavy atom. The summed E-state index contributed by atoms with van der Waals surface area (Å²) in [6, 6.07) is 15.7. The van der Waals surface area contributed by atoms with Gasteiger partial charge in [0.2, 0.25) is 5.88 Å². The third kappa shape index (κ3) is 5.27. The van der Waals surface area contributed by atoms with E-state index in [0.717, 1.165) is 18.4 Å². The second-order valence-electron chi connectivity index (χ2n) is 8.39. The van der Waals surface area contributed by atoms with Crippen molar-refractivity contribution in [2.45, 2.75) is 31.5 Å². The normalized spacial score (nSPS) is 13.7. The Balaban J connectivity index is 1.69. The van der Waals surface area contributed by atoms with E-state index >= 15 is 0 Å². The van der Waals surface area contributed by atoms with Gasteiger partial charge in [-0.1, -0.05) is 47.5 Å². The first-order valence-electron chi connectivity index (χ1n) is 11.1. The molecule has 11 heteroatoms. The third-order valence-corrected chi connectivity index (χ3v) is 6.18. The fraction of sp³-hybridized carbons (Fsp3) is 0.240.